The second-order valence-electron chi connectivity index (χ2n) is 4.47. The first kappa shape index (κ1) is 15.3. The molecule has 0 saturated carbocycles. The summed E-state index contributed by atoms with van der Waals surface area (Å²) in [6.45, 7) is 3.76. The van der Waals surface area contributed by atoms with Crippen molar-refractivity contribution in [3.8, 4) is 5.75 Å². The van der Waals surface area contributed by atoms with Gasteiger partial charge in [-0.3, -0.25) is 4.90 Å². The zero-order chi connectivity index (χ0) is 13.5. The summed E-state index contributed by atoms with van der Waals surface area (Å²) in [5, 5.41) is 0.716. The van der Waals surface area contributed by atoms with Crippen LogP contribution in [-0.4, -0.2) is 32.1 Å². The highest BCUT2D eigenvalue weighted by molar-refractivity contribution is 6.30. The summed E-state index contributed by atoms with van der Waals surface area (Å²) in [5.74, 6) is 0.846. The Bertz CT molecular complexity index is 371. The zero-order valence-corrected chi connectivity index (χ0v) is 12.2. The quantitative estimate of drug-likeness (QED) is 0.828. The maximum atomic E-state index is 6.07. The molecule has 18 heavy (non-hydrogen) atoms. The number of hydrogen-bond donors (Lipinski definition) is 1. The van der Waals surface area contributed by atoms with Crippen molar-refractivity contribution in [1.82, 2.24) is 4.90 Å². The number of nitrogens with zero attached hydrogens (tertiary/aromatic N) is 1. The van der Waals surface area contributed by atoms with Crippen LogP contribution in [0.15, 0.2) is 18.2 Å². The average molecular weight is 271 g/mol. The number of halogens is 1. The molecule has 1 aromatic carbocycles. The summed E-state index contributed by atoms with van der Waals surface area (Å²) in [5.41, 5.74) is 6.97. The van der Waals surface area contributed by atoms with Crippen LogP contribution in [0.3, 0.4) is 0 Å². The van der Waals surface area contributed by atoms with E-state index in [-0.39, 0.29) is 6.04 Å². The van der Waals surface area contributed by atoms with E-state index in [2.05, 4.69) is 18.9 Å². The van der Waals surface area contributed by atoms with E-state index in [1.54, 1.807) is 7.11 Å². The van der Waals surface area contributed by atoms with Crippen LogP contribution in [0.5, 0.6) is 5.75 Å². The van der Waals surface area contributed by atoms with Crippen molar-refractivity contribution >= 4 is 11.6 Å². The van der Waals surface area contributed by atoms with Gasteiger partial charge in [-0.05, 0) is 38.2 Å². The smallest absolute Gasteiger partial charge is 0.123 e. The van der Waals surface area contributed by atoms with Crippen LogP contribution in [0.2, 0.25) is 5.02 Å². The van der Waals surface area contributed by atoms with Gasteiger partial charge in [0.2, 0.25) is 0 Å². The molecule has 2 N–H and O–H groups in total. The number of nitrogens with two attached hydrogens (primary N) is 1. The van der Waals surface area contributed by atoms with Gasteiger partial charge in [-0.2, -0.15) is 0 Å². The molecule has 0 heterocycles. The number of likely N-dealkylation sites (N-methyl/N-ethyl adjacent to an activating group) is 1. The Morgan fingerprint density at radius 3 is 2.72 bits per heavy atom. The molecule has 0 spiro atoms. The lowest BCUT2D eigenvalue weighted by Gasteiger charge is -2.28. The molecule has 0 aliphatic heterocycles. The van der Waals surface area contributed by atoms with Crippen LogP contribution < -0.4 is 10.5 Å². The van der Waals surface area contributed by atoms with Gasteiger partial charge in [0.05, 0.1) is 13.2 Å². The molecular formula is C14H23ClN2O. The second kappa shape index (κ2) is 7.62. The molecule has 102 valence electrons. The zero-order valence-electron chi connectivity index (χ0n) is 11.4. The first-order valence-electron chi connectivity index (χ1n) is 6.37. The molecule has 0 radical (unpaired) electrons. The highest BCUT2D eigenvalue weighted by Gasteiger charge is 2.19. The van der Waals surface area contributed by atoms with Gasteiger partial charge >= 0.3 is 0 Å². The van der Waals surface area contributed by atoms with E-state index >= 15 is 0 Å². The van der Waals surface area contributed by atoms with Gasteiger partial charge in [0.15, 0.2) is 0 Å². The van der Waals surface area contributed by atoms with Crippen molar-refractivity contribution in [3.63, 3.8) is 0 Å². The molecule has 1 unspecified atom stereocenters. The lowest BCUT2D eigenvalue weighted by Crippen LogP contribution is -2.31. The van der Waals surface area contributed by atoms with Gasteiger partial charge in [0.25, 0.3) is 0 Å². The van der Waals surface area contributed by atoms with Gasteiger partial charge < -0.3 is 10.5 Å². The van der Waals surface area contributed by atoms with Crippen LogP contribution >= 0.6 is 11.6 Å². The molecule has 1 aromatic rings. The second-order valence-corrected chi connectivity index (χ2v) is 4.91. The molecule has 0 fully saturated rings. The maximum Gasteiger partial charge on any atom is 0.123 e. The predicted molar refractivity (Wildman–Crippen MR) is 77.3 cm³/mol. The molecule has 0 aliphatic carbocycles. The SMILES string of the molecule is CCCCN(C)C(CN)c1cc(Cl)ccc1OC. The molecule has 1 rings (SSSR count). The Labute approximate surface area is 115 Å². The van der Waals surface area contributed by atoms with Crippen molar-refractivity contribution < 1.29 is 4.74 Å². The van der Waals surface area contributed by atoms with Crippen molar-refractivity contribution in [2.45, 2.75) is 25.8 Å². The van der Waals surface area contributed by atoms with E-state index in [0.29, 0.717) is 11.6 Å². The van der Waals surface area contributed by atoms with Gasteiger partial charge in [0.1, 0.15) is 5.75 Å². The Kier molecular flexibility index (Phi) is 6.47. The van der Waals surface area contributed by atoms with Gasteiger partial charge in [-0.15, -0.1) is 0 Å². The van der Waals surface area contributed by atoms with Crippen LogP contribution in [-0.2, 0) is 0 Å². The molecule has 1 atom stereocenters. The largest absolute Gasteiger partial charge is 0.496 e. The molecule has 0 aliphatic rings. The lowest BCUT2D eigenvalue weighted by molar-refractivity contribution is 0.241. The van der Waals surface area contributed by atoms with Crippen LogP contribution in [0, 0.1) is 0 Å². The van der Waals surface area contributed by atoms with Crippen molar-refractivity contribution in [2.24, 2.45) is 5.73 Å². The minimum Gasteiger partial charge on any atom is -0.496 e. The van der Waals surface area contributed by atoms with Crippen LogP contribution in [0.4, 0.5) is 0 Å². The Balaban J connectivity index is 2.96. The summed E-state index contributed by atoms with van der Waals surface area (Å²) in [6.07, 6.45) is 2.34. The number of ether oxygens (including phenoxy) is 1. The van der Waals surface area contributed by atoms with E-state index in [1.807, 2.05) is 18.2 Å². The highest BCUT2D eigenvalue weighted by Crippen LogP contribution is 2.30. The molecule has 3 nitrogen and oxygen atoms in total. The molecule has 0 bridgehead atoms. The summed E-state index contributed by atoms with van der Waals surface area (Å²) in [6, 6.07) is 5.82. The molecule has 4 heteroatoms. The van der Waals surface area contributed by atoms with Crippen LogP contribution in [0.25, 0.3) is 0 Å². The van der Waals surface area contributed by atoms with E-state index in [9.17, 15) is 0 Å². The Morgan fingerprint density at radius 2 is 2.17 bits per heavy atom. The topological polar surface area (TPSA) is 38.5 Å². The maximum absolute atomic E-state index is 6.07. The van der Waals surface area contributed by atoms with Crippen LogP contribution in [0.1, 0.15) is 31.4 Å². The fourth-order valence-corrected chi connectivity index (χ4v) is 2.25. The number of benzene rings is 1. The molecular weight excluding hydrogens is 248 g/mol. The minimum absolute atomic E-state index is 0.144. The van der Waals surface area contributed by atoms with E-state index in [0.717, 1.165) is 24.3 Å². The number of rotatable bonds is 7. The standard InChI is InChI=1S/C14H23ClN2O/c1-4-5-8-17(2)13(10-16)12-9-11(15)6-7-14(12)18-3/h6-7,9,13H,4-5,8,10,16H2,1-3H3. The third kappa shape index (κ3) is 3.87. The van der Waals surface area contributed by atoms with E-state index < -0.39 is 0 Å². The van der Waals surface area contributed by atoms with Crippen molar-refractivity contribution in [3.05, 3.63) is 28.8 Å². The first-order chi connectivity index (χ1) is 8.63. The molecule has 0 amide bonds. The number of methoxy groups -OCH3 is 1. The summed E-state index contributed by atoms with van der Waals surface area (Å²) in [7, 11) is 3.76. The van der Waals surface area contributed by atoms with Crippen molar-refractivity contribution in [1.29, 1.82) is 0 Å². The fourth-order valence-electron chi connectivity index (χ4n) is 2.07. The summed E-state index contributed by atoms with van der Waals surface area (Å²) >= 11 is 6.07. The van der Waals surface area contributed by atoms with Gasteiger partial charge in [-0.25, -0.2) is 0 Å². The molecule has 0 aromatic heterocycles. The third-order valence-corrected chi connectivity index (χ3v) is 3.41. The van der Waals surface area contributed by atoms with Gasteiger partial charge in [-0.1, -0.05) is 24.9 Å². The minimum atomic E-state index is 0.144. The number of hydrogen-bond acceptors (Lipinski definition) is 3. The highest BCUT2D eigenvalue weighted by atomic mass is 35.5. The fraction of sp³-hybridized carbons (Fsp3) is 0.571. The van der Waals surface area contributed by atoms with E-state index in [4.69, 9.17) is 22.1 Å². The normalized spacial score (nSPS) is 12.8. The number of unbranched alkanes of at least 4 members (excludes halogenated alkanes) is 1. The van der Waals surface area contributed by atoms with E-state index in [1.165, 1.54) is 6.42 Å². The average Bonchev–Trinajstić information content (AvgIpc) is 2.37. The Morgan fingerprint density at radius 1 is 1.44 bits per heavy atom. The predicted octanol–water partition coefficient (Wildman–Crippen LogP) is 3.08. The van der Waals surface area contributed by atoms with Crippen molar-refractivity contribution in [2.75, 3.05) is 27.2 Å². The summed E-state index contributed by atoms with van der Waals surface area (Å²) in [4.78, 5) is 2.26. The first-order valence-corrected chi connectivity index (χ1v) is 6.75. The third-order valence-electron chi connectivity index (χ3n) is 3.17. The lowest BCUT2D eigenvalue weighted by atomic mass is 10.0. The summed E-state index contributed by atoms with van der Waals surface area (Å²) < 4.78 is 5.40. The Hall–Kier alpha value is -0.770. The monoisotopic (exact) mass is 270 g/mol. The van der Waals surface area contributed by atoms with Gasteiger partial charge in [0, 0.05) is 17.1 Å². The molecule has 0 saturated heterocycles.